The summed E-state index contributed by atoms with van der Waals surface area (Å²) in [7, 11) is 0. The average molecular weight is 1010 g/mol. The van der Waals surface area contributed by atoms with Gasteiger partial charge in [0.25, 0.3) is 0 Å². The van der Waals surface area contributed by atoms with Gasteiger partial charge in [0, 0.05) is 0 Å². The number of hydrogen-bond acceptors (Lipinski definition) is 31. The minimum Gasteiger partial charge on any atom is -0.479 e. The summed E-state index contributed by atoms with van der Waals surface area (Å²) in [5.74, 6) is -1.98. The Morgan fingerprint density at radius 2 is 0.676 bits per heavy atom. The molecular weight excluding hydrogens is 944 g/mol. The molecule has 0 bridgehead atoms. The van der Waals surface area contributed by atoms with E-state index in [1.165, 1.54) is 0 Å². The number of aliphatic carboxylic acids is 1. The lowest BCUT2D eigenvalue weighted by Crippen LogP contribution is -2.68. The fourth-order valence-corrected chi connectivity index (χ4v) is 8.11. The van der Waals surface area contributed by atoms with Crippen molar-refractivity contribution in [2.75, 3.05) is 39.6 Å². The third-order valence-electron chi connectivity index (χ3n) is 12.1. The van der Waals surface area contributed by atoms with Gasteiger partial charge in [0.15, 0.2) is 37.6 Å². The SMILES string of the molecule is O=C(O)[C@H](O)[C@@H](O)[C@H](O[C@H]1O[C@H](CO)[C@@H](O[C@H]2O[C@H](CO)[C@@H](O[C@H]3O[C@H](CO)[C@@H](O[C@H]4O[C@H](CO)[C@@H](O[C@H]5O[C@H](CO)[C@@H](O)[C@H](O)[C@H]5O)[C@H](O)[C@H]4O)[C@H](O)[C@H]3O)[C@H](O)[C@H]2O)[C@H](O)[C@H]1O)[C@H](O)CO. The van der Waals surface area contributed by atoms with Crippen molar-refractivity contribution in [3.63, 3.8) is 0 Å². The summed E-state index contributed by atoms with van der Waals surface area (Å²) in [4.78, 5) is 11.2. The van der Waals surface area contributed by atoms with Crippen LogP contribution in [0, 0.1) is 0 Å². The van der Waals surface area contributed by atoms with Gasteiger partial charge < -0.3 is 155 Å². The smallest absolute Gasteiger partial charge is 0.335 e. The molecule has 0 aromatic carbocycles. The molecule has 0 radical (unpaired) electrons. The van der Waals surface area contributed by atoms with Crippen LogP contribution in [0.15, 0.2) is 0 Å². The Bertz CT molecular complexity index is 1530. The van der Waals surface area contributed by atoms with Crippen molar-refractivity contribution in [3.8, 4) is 0 Å². The van der Waals surface area contributed by atoms with Gasteiger partial charge in [0.1, 0.15) is 140 Å². The Hall–Kier alpha value is -1.73. The van der Waals surface area contributed by atoms with E-state index in [0.29, 0.717) is 0 Å². The molecule has 29 atom stereocenters. The normalized spacial score (nSPS) is 47.8. The van der Waals surface area contributed by atoms with Gasteiger partial charge in [-0.05, 0) is 0 Å². The van der Waals surface area contributed by atoms with Crippen LogP contribution in [0.2, 0.25) is 0 Å². The van der Waals surface area contributed by atoms with Crippen LogP contribution in [0.1, 0.15) is 0 Å². The van der Waals surface area contributed by atoms with Gasteiger partial charge in [-0.1, -0.05) is 0 Å². The summed E-state index contributed by atoms with van der Waals surface area (Å²) in [6.07, 6.45) is -58.2. The van der Waals surface area contributed by atoms with Crippen LogP contribution in [0.5, 0.6) is 0 Å². The molecule has 5 aliphatic heterocycles. The molecule has 0 unspecified atom stereocenters. The van der Waals surface area contributed by atoms with E-state index in [0.717, 1.165) is 0 Å². The zero-order valence-electron chi connectivity index (χ0n) is 35.4. The van der Waals surface area contributed by atoms with Gasteiger partial charge in [-0.2, -0.15) is 0 Å². The first-order valence-electron chi connectivity index (χ1n) is 21.1. The highest BCUT2D eigenvalue weighted by molar-refractivity contribution is 5.72. The minimum absolute atomic E-state index is 0.839. The van der Waals surface area contributed by atoms with Gasteiger partial charge in [0.2, 0.25) is 0 Å². The zero-order chi connectivity index (χ0) is 50.6. The van der Waals surface area contributed by atoms with E-state index < -0.39 is 224 Å². The molecule has 21 N–H and O–H groups in total. The van der Waals surface area contributed by atoms with Crippen molar-refractivity contribution >= 4 is 5.97 Å². The first-order valence-corrected chi connectivity index (χ1v) is 21.1. The standard InChI is InChI=1S/C36H62O32/c37-1-7(43)26(15(46)20(51)31(57)58)64-33-22(53)16(47)28(9(3-39)60-33)66-35-24(55)18(49)30(11(5-41)62-35)68-36-25(56)19(50)29(12(6-42)63-36)67-34-23(54)17(48)27(10(4-40)61-34)65-32-21(52)14(45)13(44)8(2-38)59-32/h7-30,32-56H,1-6H2,(H,57,58)/t7-,8-,9-,10-,11-,12-,13-,14+,15-,16-,17-,18-,19-,20-,21-,22-,23-,24-,25-,26-,27-,28-,29-,30-,32-,33-,34-,35-,36-/m1/s1. The van der Waals surface area contributed by atoms with Crippen LogP contribution in [-0.2, 0) is 52.2 Å². The molecule has 5 aliphatic rings. The first kappa shape index (κ1) is 57.2. The topological polar surface area (TPSA) is 534 Å². The second-order valence-corrected chi connectivity index (χ2v) is 16.6. The summed E-state index contributed by atoms with van der Waals surface area (Å²) >= 11 is 0. The van der Waals surface area contributed by atoms with Gasteiger partial charge in [-0.15, -0.1) is 0 Å². The molecule has 0 saturated carbocycles. The molecule has 32 heteroatoms. The molecular formula is C36H62O32. The quantitative estimate of drug-likeness (QED) is 0.0538. The second kappa shape index (κ2) is 24.8. The lowest BCUT2D eigenvalue weighted by atomic mass is 9.95. The zero-order valence-corrected chi connectivity index (χ0v) is 35.4. The number of carboxylic acids is 1. The van der Waals surface area contributed by atoms with Crippen LogP contribution in [0.3, 0.4) is 0 Å². The number of carboxylic acid groups (broad SMARTS) is 1. The maximum absolute atomic E-state index is 11.2. The minimum atomic E-state index is -2.59. The lowest BCUT2D eigenvalue weighted by molar-refractivity contribution is -0.394. The Kier molecular flexibility index (Phi) is 20.9. The predicted molar refractivity (Wildman–Crippen MR) is 202 cm³/mol. The maximum atomic E-state index is 11.2. The van der Waals surface area contributed by atoms with Crippen molar-refractivity contribution in [2.45, 2.75) is 178 Å². The van der Waals surface area contributed by atoms with Gasteiger partial charge in [-0.25, -0.2) is 4.79 Å². The fourth-order valence-electron chi connectivity index (χ4n) is 8.11. The van der Waals surface area contributed by atoms with Crippen molar-refractivity contribution in [1.82, 2.24) is 0 Å². The van der Waals surface area contributed by atoms with Gasteiger partial charge >= 0.3 is 5.97 Å². The number of hydrogen-bond donors (Lipinski definition) is 21. The number of rotatable bonds is 20. The first-order chi connectivity index (χ1) is 32.1. The summed E-state index contributed by atoms with van der Waals surface area (Å²) in [6, 6.07) is 0. The fraction of sp³-hybridized carbons (Fsp3) is 0.972. The molecule has 32 nitrogen and oxygen atoms in total. The Morgan fingerprint density at radius 3 is 0.971 bits per heavy atom. The molecule has 0 aromatic rings. The number of ether oxygens (including phenoxy) is 10. The second-order valence-electron chi connectivity index (χ2n) is 16.6. The van der Waals surface area contributed by atoms with Crippen LogP contribution in [-0.4, -0.2) is 331 Å². The number of aliphatic hydroxyl groups is 20. The largest absolute Gasteiger partial charge is 0.479 e. The molecule has 5 rings (SSSR count). The van der Waals surface area contributed by atoms with Gasteiger partial charge in [0.05, 0.1) is 39.6 Å². The highest BCUT2D eigenvalue weighted by Crippen LogP contribution is 2.36. The van der Waals surface area contributed by atoms with Crippen LogP contribution in [0.4, 0.5) is 0 Å². The van der Waals surface area contributed by atoms with Crippen molar-refractivity contribution < 1.29 is 159 Å². The Morgan fingerprint density at radius 1 is 0.397 bits per heavy atom. The van der Waals surface area contributed by atoms with E-state index in [4.69, 9.17) is 52.5 Å². The molecule has 398 valence electrons. The van der Waals surface area contributed by atoms with Crippen molar-refractivity contribution in [3.05, 3.63) is 0 Å². The van der Waals surface area contributed by atoms with E-state index in [1.807, 2.05) is 0 Å². The molecule has 0 spiro atoms. The summed E-state index contributed by atoms with van der Waals surface area (Å²) in [5.41, 5.74) is 0. The third-order valence-corrected chi connectivity index (χ3v) is 12.1. The number of carbonyl (C=O) groups is 1. The molecule has 0 amide bonds. The predicted octanol–water partition coefficient (Wildman–Crippen LogP) is -14.4. The lowest BCUT2D eigenvalue weighted by Gasteiger charge is -2.49. The molecule has 68 heavy (non-hydrogen) atoms. The Balaban J connectivity index is 1.22. The molecule has 5 saturated heterocycles. The third kappa shape index (κ3) is 12.0. The van der Waals surface area contributed by atoms with Crippen LogP contribution >= 0.6 is 0 Å². The van der Waals surface area contributed by atoms with E-state index in [9.17, 15) is 107 Å². The van der Waals surface area contributed by atoms with Crippen molar-refractivity contribution in [2.24, 2.45) is 0 Å². The molecule has 0 aliphatic carbocycles. The van der Waals surface area contributed by atoms with E-state index >= 15 is 0 Å². The Labute approximate surface area is 382 Å². The summed E-state index contributed by atoms with van der Waals surface area (Å²) in [6.45, 7) is -6.17. The van der Waals surface area contributed by atoms with E-state index in [2.05, 4.69) is 0 Å². The van der Waals surface area contributed by atoms with Crippen LogP contribution < -0.4 is 0 Å². The molecule has 5 fully saturated rings. The summed E-state index contributed by atoms with van der Waals surface area (Å²) < 4.78 is 54.9. The monoisotopic (exact) mass is 1010 g/mol. The highest BCUT2D eigenvalue weighted by atomic mass is 16.8. The van der Waals surface area contributed by atoms with Crippen LogP contribution in [0.25, 0.3) is 0 Å². The van der Waals surface area contributed by atoms with E-state index in [-0.39, 0.29) is 0 Å². The van der Waals surface area contributed by atoms with Gasteiger partial charge in [-0.3, -0.25) is 0 Å². The summed E-state index contributed by atoms with van der Waals surface area (Å²) in [5, 5.41) is 218. The van der Waals surface area contributed by atoms with E-state index in [1.54, 1.807) is 0 Å². The highest BCUT2D eigenvalue weighted by Gasteiger charge is 2.57. The maximum Gasteiger partial charge on any atom is 0.335 e. The number of aliphatic hydroxyl groups excluding tert-OH is 20. The molecule has 5 heterocycles. The molecule has 0 aromatic heterocycles. The average Bonchev–Trinajstić information content (AvgIpc) is 3.33. The van der Waals surface area contributed by atoms with Crippen molar-refractivity contribution in [1.29, 1.82) is 0 Å².